The van der Waals surface area contributed by atoms with Crippen molar-refractivity contribution in [1.29, 1.82) is 0 Å². The summed E-state index contributed by atoms with van der Waals surface area (Å²) in [4.78, 5) is 25.6. The molecule has 2 heterocycles. The first kappa shape index (κ1) is 18.3. The Morgan fingerprint density at radius 1 is 1.00 bits per heavy atom. The third kappa shape index (κ3) is 3.67. The fraction of sp³-hybridized carbons (Fsp3) is 0.300. The fourth-order valence-electron chi connectivity index (χ4n) is 3.68. The molecular weight excluding hydrogens is 373 g/mol. The van der Waals surface area contributed by atoms with Gasteiger partial charge in [-0.25, -0.2) is 0 Å². The highest BCUT2D eigenvalue weighted by Gasteiger charge is 2.49. The summed E-state index contributed by atoms with van der Waals surface area (Å²) in [6.45, 7) is 1.03. The summed E-state index contributed by atoms with van der Waals surface area (Å²) in [6, 6.07) is 12.4. The molecule has 0 radical (unpaired) electrons. The van der Waals surface area contributed by atoms with E-state index >= 15 is 0 Å². The lowest BCUT2D eigenvalue weighted by molar-refractivity contribution is -0.274. The number of rotatable bonds is 3. The van der Waals surface area contributed by atoms with Crippen molar-refractivity contribution in [2.24, 2.45) is 0 Å². The second-order valence-corrected chi connectivity index (χ2v) is 7.14. The number of alkyl halides is 3. The van der Waals surface area contributed by atoms with Crippen LogP contribution in [0, 0.1) is 0 Å². The van der Waals surface area contributed by atoms with Crippen LogP contribution in [-0.4, -0.2) is 41.7 Å². The summed E-state index contributed by atoms with van der Waals surface area (Å²) in [5.74, 6) is -0.357. The first-order valence-electron chi connectivity index (χ1n) is 8.80. The van der Waals surface area contributed by atoms with E-state index in [4.69, 9.17) is 0 Å². The Labute approximate surface area is 159 Å². The minimum atomic E-state index is -4.72. The molecule has 2 fully saturated rings. The van der Waals surface area contributed by atoms with Gasteiger partial charge in [-0.3, -0.25) is 9.59 Å². The van der Waals surface area contributed by atoms with Crippen LogP contribution >= 0.6 is 0 Å². The molecule has 0 aromatic heterocycles. The number of nitrogens with zero attached hydrogens (tertiary/aromatic N) is 1. The summed E-state index contributed by atoms with van der Waals surface area (Å²) in [7, 11) is 0. The van der Waals surface area contributed by atoms with Crippen LogP contribution < -0.4 is 10.1 Å². The molecule has 28 heavy (non-hydrogen) atoms. The molecule has 8 heteroatoms. The van der Waals surface area contributed by atoms with Gasteiger partial charge in [0.15, 0.2) is 0 Å². The number of halogens is 3. The normalized spacial score (nSPS) is 18.0. The maximum atomic E-state index is 12.6. The Balaban J connectivity index is 1.40. The van der Waals surface area contributed by atoms with E-state index in [1.54, 1.807) is 29.2 Å². The zero-order valence-electron chi connectivity index (χ0n) is 14.8. The Morgan fingerprint density at radius 3 is 2.07 bits per heavy atom. The quantitative estimate of drug-likeness (QED) is 0.875. The van der Waals surface area contributed by atoms with Gasteiger partial charge < -0.3 is 15.0 Å². The van der Waals surface area contributed by atoms with Crippen LogP contribution in [0.4, 0.5) is 13.2 Å². The van der Waals surface area contributed by atoms with Gasteiger partial charge in [-0.2, -0.15) is 0 Å². The zero-order chi connectivity index (χ0) is 19.9. The molecule has 0 saturated carbocycles. The smallest absolute Gasteiger partial charge is 0.406 e. The molecule has 1 spiro atoms. The van der Waals surface area contributed by atoms with E-state index in [-0.39, 0.29) is 23.1 Å². The van der Waals surface area contributed by atoms with E-state index in [0.29, 0.717) is 30.6 Å². The lowest BCUT2D eigenvalue weighted by Crippen LogP contribution is -2.68. The van der Waals surface area contributed by atoms with Crippen molar-refractivity contribution in [2.75, 3.05) is 13.1 Å². The van der Waals surface area contributed by atoms with E-state index in [2.05, 4.69) is 10.1 Å². The molecule has 2 amide bonds. The van der Waals surface area contributed by atoms with Gasteiger partial charge >= 0.3 is 6.36 Å². The third-order valence-electron chi connectivity index (χ3n) is 5.06. The standard InChI is InChI=1S/C20H17F3N2O3/c21-20(22,23)28-16-7-5-14(6-8-16)13-1-3-15(4-2-13)18(27)25-11-19(12-25)10-9-17(26)24-19/h1-8H,9-12H2,(H,24,26). The molecule has 2 saturated heterocycles. The average Bonchev–Trinajstić information content (AvgIpc) is 3.02. The van der Waals surface area contributed by atoms with Crippen LogP contribution in [-0.2, 0) is 4.79 Å². The molecule has 1 N–H and O–H groups in total. The van der Waals surface area contributed by atoms with Crippen molar-refractivity contribution < 1.29 is 27.5 Å². The van der Waals surface area contributed by atoms with Crippen molar-refractivity contribution in [3.05, 3.63) is 54.1 Å². The van der Waals surface area contributed by atoms with Crippen LogP contribution in [0.25, 0.3) is 11.1 Å². The second kappa shape index (κ2) is 6.54. The van der Waals surface area contributed by atoms with E-state index < -0.39 is 6.36 Å². The highest BCUT2D eigenvalue weighted by molar-refractivity contribution is 5.96. The maximum absolute atomic E-state index is 12.6. The number of hydrogen-bond donors (Lipinski definition) is 1. The number of amides is 2. The SMILES string of the molecule is O=C1CCC2(CN(C(=O)c3ccc(-c4ccc(OC(F)(F)F)cc4)cc3)C2)N1. The minimum Gasteiger partial charge on any atom is -0.406 e. The lowest BCUT2D eigenvalue weighted by Gasteiger charge is -2.47. The zero-order valence-corrected chi connectivity index (χ0v) is 14.8. The Bertz CT molecular complexity index is 902. The molecule has 0 atom stereocenters. The molecule has 0 unspecified atom stereocenters. The van der Waals surface area contributed by atoms with Crippen LogP contribution in [0.5, 0.6) is 5.75 Å². The molecule has 4 rings (SSSR count). The summed E-state index contributed by atoms with van der Waals surface area (Å²) in [6.07, 6.45) is -3.47. The number of likely N-dealkylation sites (tertiary alicyclic amines) is 1. The van der Waals surface area contributed by atoms with Gasteiger partial charge in [0.2, 0.25) is 5.91 Å². The number of nitrogens with one attached hydrogen (secondary N) is 1. The number of carbonyl (C=O) groups excluding carboxylic acids is 2. The molecule has 146 valence electrons. The number of hydrogen-bond acceptors (Lipinski definition) is 3. The summed E-state index contributed by atoms with van der Waals surface area (Å²) < 4.78 is 40.5. The summed E-state index contributed by atoms with van der Waals surface area (Å²) in [5.41, 5.74) is 1.76. The molecule has 0 bridgehead atoms. The van der Waals surface area contributed by atoms with Crippen molar-refractivity contribution in [3.63, 3.8) is 0 Å². The highest BCUT2D eigenvalue weighted by Crippen LogP contribution is 2.32. The van der Waals surface area contributed by atoms with Crippen molar-refractivity contribution in [3.8, 4) is 16.9 Å². The topological polar surface area (TPSA) is 58.6 Å². The first-order valence-corrected chi connectivity index (χ1v) is 8.80. The molecule has 2 aromatic rings. The molecular formula is C20H17F3N2O3. The highest BCUT2D eigenvalue weighted by atomic mass is 19.4. The molecule has 2 aromatic carbocycles. The van der Waals surface area contributed by atoms with E-state index in [0.717, 1.165) is 12.0 Å². The first-order chi connectivity index (χ1) is 13.2. The van der Waals surface area contributed by atoms with Gasteiger partial charge in [-0.1, -0.05) is 24.3 Å². The number of ether oxygens (including phenoxy) is 1. The maximum Gasteiger partial charge on any atom is 0.573 e. The Kier molecular flexibility index (Phi) is 4.28. The van der Waals surface area contributed by atoms with Crippen molar-refractivity contribution in [2.45, 2.75) is 24.7 Å². The molecule has 2 aliphatic heterocycles. The third-order valence-corrected chi connectivity index (χ3v) is 5.06. The molecule has 0 aliphatic carbocycles. The van der Waals surface area contributed by atoms with Crippen LogP contribution in [0.3, 0.4) is 0 Å². The molecule has 5 nitrogen and oxygen atoms in total. The lowest BCUT2D eigenvalue weighted by atomic mass is 9.87. The Morgan fingerprint density at radius 2 is 1.57 bits per heavy atom. The summed E-state index contributed by atoms with van der Waals surface area (Å²) >= 11 is 0. The van der Waals surface area contributed by atoms with E-state index in [1.807, 2.05) is 0 Å². The van der Waals surface area contributed by atoms with Crippen LogP contribution in [0.15, 0.2) is 48.5 Å². The largest absolute Gasteiger partial charge is 0.573 e. The van der Waals surface area contributed by atoms with Crippen molar-refractivity contribution in [1.82, 2.24) is 10.2 Å². The van der Waals surface area contributed by atoms with Crippen LogP contribution in [0.2, 0.25) is 0 Å². The second-order valence-electron chi connectivity index (χ2n) is 7.14. The van der Waals surface area contributed by atoms with Crippen molar-refractivity contribution >= 4 is 11.8 Å². The van der Waals surface area contributed by atoms with Gasteiger partial charge in [0.05, 0.1) is 5.54 Å². The van der Waals surface area contributed by atoms with E-state index in [9.17, 15) is 22.8 Å². The van der Waals surface area contributed by atoms with Gasteiger partial charge in [0, 0.05) is 25.1 Å². The fourth-order valence-corrected chi connectivity index (χ4v) is 3.68. The van der Waals surface area contributed by atoms with Gasteiger partial charge in [-0.15, -0.1) is 13.2 Å². The van der Waals surface area contributed by atoms with Crippen LogP contribution in [0.1, 0.15) is 23.2 Å². The summed E-state index contributed by atoms with van der Waals surface area (Å²) in [5, 5.41) is 2.94. The van der Waals surface area contributed by atoms with Gasteiger partial charge in [0.25, 0.3) is 5.91 Å². The number of benzene rings is 2. The Hall–Kier alpha value is -3.03. The number of carbonyl (C=O) groups is 2. The minimum absolute atomic E-state index is 0.0307. The van der Waals surface area contributed by atoms with Gasteiger partial charge in [0.1, 0.15) is 5.75 Å². The van der Waals surface area contributed by atoms with Gasteiger partial charge in [-0.05, 0) is 41.8 Å². The monoisotopic (exact) mass is 390 g/mol. The predicted octanol–water partition coefficient (Wildman–Crippen LogP) is 3.36. The predicted molar refractivity (Wildman–Crippen MR) is 94.6 cm³/mol. The average molecular weight is 390 g/mol. The van der Waals surface area contributed by atoms with E-state index in [1.165, 1.54) is 24.3 Å². The molecule has 2 aliphatic rings.